The summed E-state index contributed by atoms with van der Waals surface area (Å²) in [6, 6.07) is 5.17. The van der Waals surface area contributed by atoms with Crippen LogP contribution in [0.2, 0.25) is 0 Å². The number of Topliss-reactive ketones (excluding diaryl/α,β-unsaturated/α-hetero) is 1. The summed E-state index contributed by atoms with van der Waals surface area (Å²) in [6.07, 6.45) is 0.793. The first kappa shape index (κ1) is 10.6. The minimum Gasteiger partial charge on any atom is -0.465 e. The highest BCUT2D eigenvalue weighted by atomic mass is 16.4. The fourth-order valence-electron chi connectivity index (χ4n) is 1.92. The zero-order valence-corrected chi connectivity index (χ0v) is 8.64. The molecule has 0 spiro atoms. The zero-order chi connectivity index (χ0) is 11.5. The quantitative estimate of drug-likeness (QED) is 0.798. The summed E-state index contributed by atoms with van der Waals surface area (Å²) in [7, 11) is 0. The molecular formula is C11H12N2O3. The topological polar surface area (TPSA) is 79.3 Å². The van der Waals surface area contributed by atoms with Crippen molar-refractivity contribution in [3.05, 3.63) is 23.9 Å². The highest BCUT2D eigenvalue weighted by Gasteiger charge is 2.24. The van der Waals surface area contributed by atoms with Crippen molar-refractivity contribution in [2.24, 2.45) is 0 Å². The van der Waals surface area contributed by atoms with Crippen molar-refractivity contribution < 1.29 is 14.7 Å². The van der Waals surface area contributed by atoms with Crippen LogP contribution in [0, 0.1) is 0 Å². The molecule has 1 aliphatic carbocycles. The van der Waals surface area contributed by atoms with E-state index < -0.39 is 6.09 Å². The molecule has 0 radical (unpaired) electrons. The van der Waals surface area contributed by atoms with E-state index in [9.17, 15) is 9.59 Å². The van der Waals surface area contributed by atoms with Crippen LogP contribution in [0.25, 0.3) is 0 Å². The molecule has 2 N–H and O–H groups in total. The van der Waals surface area contributed by atoms with Gasteiger partial charge in [-0.1, -0.05) is 6.07 Å². The average Bonchev–Trinajstić information content (AvgIpc) is 2.64. The Labute approximate surface area is 92.5 Å². The van der Waals surface area contributed by atoms with Crippen molar-refractivity contribution in [3.8, 4) is 0 Å². The Morgan fingerprint density at radius 1 is 1.50 bits per heavy atom. The normalized spacial score (nSPS) is 19.8. The molecular weight excluding hydrogens is 208 g/mol. The van der Waals surface area contributed by atoms with Crippen LogP contribution < -0.4 is 5.32 Å². The molecule has 2 rings (SSSR count). The highest BCUT2D eigenvalue weighted by Crippen LogP contribution is 2.31. The number of carbonyl (C=O) groups excluding carboxylic acids is 1. The standard InChI is InChI=1S/C11H12N2O3/c14-8-5-4-7(6-8)9-2-1-3-10(12-9)13-11(15)16/h1-3,7H,4-6H2,(H,12,13)(H,15,16). The van der Waals surface area contributed by atoms with E-state index in [-0.39, 0.29) is 11.7 Å². The van der Waals surface area contributed by atoms with Crippen molar-refractivity contribution in [1.82, 2.24) is 4.98 Å². The van der Waals surface area contributed by atoms with Gasteiger partial charge in [-0.25, -0.2) is 9.78 Å². The van der Waals surface area contributed by atoms with Crippen molar-refractivity contribution >= 4 is 17.7 Å². The molecule has 84 valence electrons. The van der Waals surface area contributed by atoms with Gasteiger partial charge in [0.2, 0.25) is 0 Å². The van der Waals surface area contributed by atoms with Crippen LogP contribution in [0.15, 0.2) is 18.2 Å². The number of nitrogens with zero attached hydrogens (tertiary/aromatic N) is 1. The minimum atomic E-state index is -1.13. The number of nitrogens with one attached hydrogen (secondary N) is 1. The third-order valence-electron chi connectivity index (χ3n) is 2.67. The van der Waals surface area contributed by atoms with E-state index in [2.05, 4.69) is 10.3 Å². The van der Waals surface area contributed by atoms with Gasteiger partial charge in [-0.15, -0.1) is 0 Å². The minimum absolute atomic E-state index is 0.142. The second-order valence-corrected chi connectivity index (χ2v) is 3.86. The number of carboxylic acid groups (broad SMARTS) is 1. The molecule has 0 saturated heterocycles. The third kappa shape index (κ3) is 2.36. The molecule has 0 bridgehead atoms. The summed E-state index contributed by atoms with van der Waals surface area (Å²) < 4.78 is 0. The van der Waals surface area contributed by atoms with Crippen LogP contribution in [0.5, 0.6) is 0 Å². The van der Waals surface area contributed by atoms with E-state index in [0.29, 0.717) is 18.7 Å². The first-order chi connectivity index (χ1) is 7.65. The van der Waals surface area contributed by atoms with E-state index in [1.165, 1.54) is 0 Å². The fourth-order valence-corrected chi connectivity index (χ4v) is 1.92. The van der Waals surface area contributed by atoms with Gasteiger partial charge in [0.25, 0.3) is 0 Å². The first-order valence-corrected chi connectivity index (χ1v) is 5.14. The first-order valence-electron chi connectivity index (χ1n) is 5.14. The maximum Gasteiger partial charge on any atom is 0.410 e. The Kier molecular flexibility index (Phi) is 2.85. The number of pyridine rings is 1. The fraction of sp³-hybridized carbons (Fsp3) is 0.364. The monoisotopic (exact) mass is 220 g/mol. The molecule has 1 fully saturated rings. The molecule has 1 saturated carbocycles. The van der Waals surface area contributed by atoms with Gasteiger partial charge in [0.05, 0.1) is 0 Å². The molecule has 5 nitrogen and oxygen atoms in total. The number of carbonyl (C=O) groups is 2. The van der Waals surface area contributed by atoms with Crippen molar-refractivity contribution in [1.29, 1.82) is 0 Å². The number of rotatable bonds is 2. The lowest BCUT2D eigenvalue weighted by atomic mass is 10.0. The maximum absolute atomic E-state index is 11.2. The van der Waals surface area contributed by atoms with Crippen LogP contribution in [-0.4, -0.2) is 22.0 Å². The molecule has 1 heterocycles. The van der Waals surface area contributed by atoms with E-state index in [1.54, 1.807) is 12.1 Å². The Hall–Kier alpha value is -1.91. The lowest BCUT2D eigenvalue weighted by molar-refractivity contribution is -0.117. The molecule has 1 amide bonds. The molecule has 5 heteroatoms. The predicted molar refractivity (Wildman–Crippen MR) is 57.5 cm³/mol. The summed E-state index contributed by atoms with van der Waals surface area (Å²) >= 11 is 0. The highest BCUT2D eigenvalue weighted by molar-refractivity contribution is 5.82. The van der Waals surface area contributed by atoms with E-state index >= 15 is 0 Å². The number of amides is 1. The maximum atomic E-state index is 11.2. The second kappa shape index (κ2) is 4.30. The zero-order valence-electron chi connectivity index (χ0n) is 8.64. The average molecular weight is 220 g/mol. The number of hydrogen-bond acceptors (Lipinski definition) is 3. The predicted octanol–water partition coefficient (Wildman–Crippen LogP) is 2.01. The Balaban J connectivity index is 2.15. The molecule has 1 aliphatic rings. The summed E-state index contributed by atoms with van der Waals surface area (Å²) in [5.41, 5.74) is 0.789. The molecule has 16 heavy (non-hydrogen) atoms. The Morgan fingerprint density at radius 3 is 2.94 bits per heavy atom. The van der Waals surface area contributed by atoms with E-state index in [1.807, 2.05) is 6.07 Å². The van der Waals surface area contributed by atoms with Gasteiger partial charge in [-0.2, -0.15) is 0 Å². The van der Waals surface area contributed by atoms with Gasteiger partial charge < -0.3 is 5.11 Å². The molecule has 0 aromatic carbocycles. The van der Waals surface area contributed by atoms with Crippen LogP contribution in [0.3, 0.4) is 0 Å². The van der Waals surface area contributed by atoms with Crippen molar-refractivity contribution in [3.63, 3.8) is 0 Å². The van der Waals surface area contributed by atoms with Crippen LogP contribution in [0.4, 0.5) is 10.6 Å². The summed E-state index contributed by atoms with van der Waals surface area (Å²) in [4.78, 5) is 25.8. The molecule has 1 atom stereocenters. The van der Waals surface area contributed by atoms with Crippen LogP contribution >= 0.6 is 0 Å². The third-order valence-corrected chi connectivity index (χ3v) is 2.67. The molecule has 1 unspecified atom stereocenters. The Morgan fingerprint density at radius 2 is 2.31 bits per heavy atom. The molecule has 1 aromatic rings. The van der Waals surface area contributed by atoms with E-state index in [0.717, 1.165) is 12.1 Å². The van der Waals surface area contributed by atoms with Gasteiger partial charge >= 0.3 is 6.09 Å². The molecule has 0 aliphatic heterocycles. The SMILES string of the molecule is O=C1CCC(c2cccc(NC(=O)O)n2)C1. The Bertz CT molecular complexity index is 431. The summed E-state index contributed by atoms with van der Waals surface area (Å²) in [5.74, 6) is 0.704. The number of aromatic nitrogens is 1. The smallest absolute Gasteiger partial charge is 0.410 e. The molecule has 1 aromatic heterocycles. The van der Waals surface area contributed by atoms with Gasteiger partial charge in [0.1, 0.15) is 11.6 Å². The van der Waals surface area contributed by atoms with Crippen LogP contribution in [-0.2, 0) is 4.79 Å². The number of anilines is 1. The summed E-state index contributed by atoms with van der Waals surface area (Å²) in [6.45, 7) is 0. The van der Waals surface area contributed by atoms with Crippen molar-refractivity contribution in [2.75, 3.05) is 5.32 Å². The van der Waals surface area contributed by atoms with Gasteiger partial charge in [0.15, 0.2) is 0 Å². The number of ketones is 1. The lowest BCUT2D eigenvalue weighted by Crippen LogP contribution is -2.10. The van der Waals surface area contributed by atoms with Gasteiger partial charge in [0, 0.05) is 24.5 Å². The van der Waals surface area contributed by atoms with Crippen LogP contribution in [0.1, 0.15) is 30.9 Å². The van der Waals surface area contributed by atoms with E-state index in [4.69, 9.17) is 5.11 Å². The lowest BCUT2D eigenvalue weighted by Gasteiger charge is -2.08. The van der Waals surface area contributed by atoms with Gasteiger partial charge in [-0.3, -0.25) is 10.1 Å². The second-order valence-electron chi connectivity index (χ2n) is 3.86. The summed E-state index contributed by atoms with van der Waals surface area (Å²) in [5, 5.41) is 10.8. The van der Waals surface area contributed by atoms with Crippen molar-refractivity contribution in [2.45, 2.75) is 25.2 Å². The number of hydrogen-bond donors (Lipinski definition) is 2. The largest absolute Gasteiger partial charge is 0.465 e. The van der Waals surface area contributed by atoms with Gasteiger partial charge in [-0.05, 0) is 18.6 Å².